The fourth-order valence-corrected chi connectivity index (χ4v) is 3.49. The molecule has 0 spiro atoms. The third-order valence-corrected chi connectivity index (χ3v) is 4.95. The highest BCUT2D eigenvalue weighted by Crippen LogP contribution is 2.19. The second-order valence-corrected chi connectivity index (χ2v) is 7.78. The van der Waals surface area contributed by atoms with Crippen LogP contribution in [0.4, 0.5) is 11.5 Å². The average molecular weight is 436 g/mol. The van der Waals surface area contributed by atoms with Crippen molar-refractivity contribution in [3.05, 3.63) is 55.7 Å². The van der Waals surface area contributed by atoms with Gasteiger partial charge in [-0.25, -0.2) is 4.79 Å². The third kappa shape index (κ3) is 5.96. The molecule has 0 aliphatic carbocycles. The fraction of sp³-hybridized carbons (Fsp3) is 0.476. The van der Waals surface area contributed by atoms with Gasteiger partial charge in [0.1, 0.15) is 5.82 Å². The molecule has 0 saturated heterocycles. The van der Waals surface area contributed by atoms with Gasteiger partial charge in [0.05, 0.1) is 6.54 Å². The molecule has 3 N–H and O–H groups in total. The predicted molar refractivity (Wildman–Crippen MR) is 121 cm³/mol. The van der Waals surface area contributed by atoms with E-state index in [0.717, 1.165) is 12.0 Å². The minimum atomic E-state index is -0.646. The smallest absolute Gasteiger partial charge is 0.330 e. The number of carbonyl (C=O) groups is 1. The summed E-state index contributed by atoms with van der Waals surface area (Å²) in [6.07, 6.45) is 2.21. The van der Waals surface area contributed by atoms with Gasteiger partial charge in [-0.1, -0.05) is 44.0 Å². The summed E-state index contributed by atoms with van der Waals surface area (Å²) in [7, 11) is 1.82. The number of carbonyl (C=O) groups excluding carboxylic acids is 1. The number of aromatic amines is 1. The molecule has 0 fully saturated rings. The zero-order valence-electron chi connectivity index (χ0n) is 17.8. The maximum atomic E-state index is 13.1. The van der Waals surface area contributed by atoms with Gasteiger partial charge in [0.2, 0.25) is 5.91 Å². The summed E-state index contributed by atoms with van der Waals surface area (Å²) in [5.74, 6) is -0.237. The average Bonchev–Trinajstić information content (AvgIpc) is 2.67. The highest BCUT2D eigenvalue weighted by Gasteiger charge is 2.24. The lowest BCUT2D eigenvalue weighted by Gasteiger charge is -2.26. The molecular weight excluding hydrogens is 406 g/mol. The Morgan fingerprint density at radius 3 is 2.60 bits per heavy atom. The van der Waals surface area contributed by atoms with Gasteiger partial charge in [-0.15, -0.1) is 0 Å². The second kappa shape index (κ2) is 11.0. The van der Waals surface area contributed by atoms with E-state index in [1.807, 2.05) is 44.0 Å². The summed E-state index contributed by atoms with van der Waals surface area (Å²) in [6.45, 7) is 5.22. The van der Waals surface area contributed by atoms with Crippen LogP contribution in [0, 0.1) is 0 Å². The molecule has 9 heteroatoms. The lowest BCUT2D eigenvalue weighted by molar-refractivity contribution is -0.119. The van der Waals surface area contributed by atoms with E-state index in [0.29, 0.717) is 37.5 Å². The number of nitrogens with one attached hydrogen (secondary N) is 1. The monoisotopic (exact) mass is 435 g/mol. The van der Waals surface area contributed by atoms with Crippen molar-refractivity contribution in [2.45, 2.75) is 46.2 Å². The van der Waals surface area contributed by atoms with Crippen molar-refractivity contribution in [2.75, 3.05) is 30.8 Å². The van der Waals surface area contributed by atoms with Crippen LogP contribution < -0.4 is 21.9 Å². The van der Waals surface area contributed by atoms with E-state index in [9.17, 15) is 14.4 Å². The van der Waals surface area contributed by atoms with Crippen LogP contribution in [0.2, 0.25) is 5.02 Å². The van der Waals surface area contributed by atoms with E-state index >= 15 is 0 Å². The van der Waals surface area contributed by atoms with E-state index in [4.69, 9.17) is 17.3 Å². The topological polar surface area (TPSA) is 104 Å². The minimum Gasteiger partial charge on any atom is -0.383 e. The Morgan fingerprint density at radius 2 is 1.97 bits per heavy atom. The van der Waals surface area contributed by atoms with E-state index in [2.05, 4.69) is 4.98 Å². The molecule has 1 aromatic carbocycles. The predicted octanol–water partition coefficient (Wildman–Crippen LogP) is 2.45. The van der Waals surface area contributed by atoms with Crippen molar-refractivity contribution in [3.8, 4) is 0 Å². The molecule has 0 saturated carbocycles. The summed E-state index contributed by atoms with van der Waals surface area (Å²) in [6, 6.07) is 7.44. The number of benzene rings is 1. The Bertz CT molecular complexity index is 985. The van der Waals surface area contributed by atoms with Crippen molar-refractivity contribution in [1.29, 1.82) is 0 Å². The number of nitrogen functional groups attached to an aromatic ring is 1. The Hall–Kier alpha value is -2.58. The first-order chi connectivity index (χ1) is 14.3. The standard InChI is InChI=1S/C21H30ClN5O3/c1-4-6-11-26(18-19(23)27(10-5-2)21(30)24-20(18)29)17(28)14-25(3)13-15-8-7-9-16(22)12-15/h7-9,12H,4-6,10-11,13-14,23H2,1-3H3,(H,24,29,30). The molecule has 8 nitrogen and oxygen atoms in total. The lowest BCUT2D eigenvalue weighted by atomic mass is 10.2. The molecule has 1 heterocycles. The van der Waals surface area contributed by atoms with Crippen molar-refractivity contribution in [1.82, 2.24) is 14.5 Å². The van der Waals surface area contributed by atoms with Crippen LogP contribution >= 0.6 is 11.6 Å². The van der Waals surface area contributed by atoms with Crippen LogP contribution in [0.3, 0.4) is 0 Å². The van der Waals surface area contributed by atoms with Gasteiger partial charge < -0.3 is 10.6 Å². The number of hydrogen-bond acceptors (Lipinski definition) is 5. The zero-order chi connectivity index (χ0) is 22.3. The summed E-state index contributed by atoms with van der Waals surface area (Å²) in [5, 5.41) is 0.634. The minimum absolute atomic E-state index is 0.0209. The van der Waals surface area contributed by atoms with Crippen molar-refractivity contribution in [3.63, 3.8) is 0 Å². The molecule has 0 unspecified atom stereocenters. The summed E-state index contributed by atoms with van der Waals surface area (Å²) in [5.41, 5.74) is 5.98. The van der Waals surface area contributed by atoms with Gasteiger partial charge in [0.25, 0.3) is 5.56 Å². The number of rotatable bonds is 10. The van der Waals surface area contributed by atoms with E-state index < -0.39 is 11.2 Å². The van der Waals surface area contributed by atoms with Crippen LogP contribution in [0.5, 0.6) is 0 Å². The number of H-pyrrole nitrogens is 1. The number of anilines is 2. The summed E-state index contributed by atoms with van der Waals surface area (Å²) < 4.78 is 1.30. The second-order valence-electron chi connectivity index (χ2n) is 7.35. The number of nitrogens with zero attached hydrogens (tertiary/aromatic N) is 3. The lowest BCUT2D eigenvalue weighted by Crippen LogP contribution is -2.45. The molecule has 2 aromatic rings. The normalized spacial score (nSPS) is 11.1. The SMILES string of the molecule is CCCCN(C(=O)CN(C)Cc1cccc(Cl)c1)c1c(N)n(CCC)c(=O)[nH]c1=O. The number of hydrogen-bond donors (Lipinski definition) is 2. The quantitative estimate of drug-likeness (QED) is 0.596. The molecule has 1 aromatic heterocycles. The van der Waals surface area contributed by atoms with Gasteiger partial charge in [-0.2, -0.15) is 0 Å². The maximum absolute atomic E-state index is 13.1. The van der Waals surface area contributed by atoms with Crippen molar-refractivity contribution >= 4 is 29.0 Å². The number of likely N-dealkylation sites (N-methyl/N-ethyl adjacent to an activating group) is 1. The first kappa shape index (κ1) is 23.7. The van der Waals surface area contributed by atoms with Crippen LogP contribution in [-0.2, 0) is 17.9 Å². The molecule has 2 rings (SSSR count). The van der Waals surface area contributed by atoms with Crippen molar-refractivity contribution < 1.29 is 4.79 Å². The number of aromatic nitrogens is 2. The third-order valence-electron chi connectivity index (χ3n) is 4.71. The number of unbranched alkanes of at least 4 members (excludes halogenated alkanes) is 1. The Kier molecular flexibility index (Phi) is 8.68. The molecule has 0 aliphatic rings. The summed E-state index contributed by atoms with van der Waals surface area (Å²) in [4.78, 5) is 43.4. The van der Waals surface area contributed by atoms with Crippen LogP contribution in [0.1, 0.15) is 38.7 Å². The zero-order valence-corrected chi connectivity index (χ0v) is 18.5. The van der Waals surface area contributed by atoms with Gasteiger partial charge in [-0.05, 0) is 37.6 Å². The highest BCUT2D eigenvalue weighted by atomic mass is 35.5. The first-order valence-corrected chi connectivity index (χ1v) is 10.5. The fourth-order valence-electron chi connectivity index (χ4n) is 3.28. The van der Waals surface area contributed by atoms with E-state index in [-0.39, 0.29) is 24.0 Å². The summed E-state index contributed by atoms with van der Waals surface area (Å²) >= 11 is 6.04. The molecule has 0 atom stereocenters. The van der Waals surface area contributed by atoms with Gasteiger partial charge >= 0.3 is 5.69 Å². The largest absolute Gasteiger partial charge is 0.383 e. The Morgan fingerprint density at radius 1 is 1.23 bits per heavy atom. The van der Waals surface area contributed by atoms with E-state index in [1.165, 1.54) is 9.47 Å². The molecule has 1 amide bonds. The molecular formula is C21H30ClN5O3. The Labute approximate surface area is 181 Å². The molecule has 0 radical (unpaired) electrons. The maximum Gasteiger partial charge on any atom is 0.330 e. The molecule has 0 aliphatic heterocycles. The molecule has 30 heavy (non-hydrogen) atoms. The van der Waals surface area contributed by atoms with Crippen molar-refractivity contribution in [2.24, 2.45) is 0 Å². The van der Waals surface area contributed by atoms with Crippen LogP contribution in [-0.4, -0.2) is 40.5 Å². The number of nitrogens with two attached hydrogens (primary N) is 1. The highest BCUT2D eigenvalue weighted by molar-refractivity contribution is 6.30. The van der Waals surface area contributed by atoms with Gasteiger partial charge in [0, 0.05) is 24.7 Å². The number of halogens is 1. The van der Waals surface area contributed by atoms with Crippen LogP contribution in [0.25, 0.3) is 0 Å². The number of amides is 1. The molecule has 164 valence electrons. The van der Waals surface area contributed by atoms with Crippen LogP contribution in [0.15, 0.2) is 33.9 Å². The first-order valence-electron chi connectivity index (χ1n) is 10.1. The Balaban J connectivity index is 2.31. The molecule has 0 bridgehead atoms. The van der Waals surface area contributed by atoms with Gasteiger partial charge in [0.15, 0.2) is 5.69 Å². The van der Waals surface area contributed by atoms with E-state index in [1.54, 1.807) is 6.07 Å². The van der Waals surface area contributed by atoms with Gasteiger partial charge in [-0.3, -0.25) is 24.0 Å².